The van der Waals surface area contributed by atoms with E-state index in [1.165, 1.54) is 5.56 Å². The molecule has 0 aliphatic heterocycles. The van der Waals surface area contributed by atoms with Crippen LogP contribution in [0.25, 0.3) is 0 Å². The van der Waals surface area contributed by atoms with Crippen LogP contribution in [0.3, 0.4) is 0 Å². The van der Waals surface area contributed by atoms with Gasteiger partial charge in [0.05, 0.1) is 6.20 Å². The van der Waals surface area contributed by atoms with Gasteiger partial charge in [-0.2, -0.15) is 5.10 Å². The highest BCUT2D eigenvalue weighted by Gasteiger charge is 2.22. The SMILES string of the molecule is CCn1cc(CCC(NC)C(C)(C)C)cn1. The number of hydrogen-bond acceptors (Lipinski definition) is 2. The molecular weight excluding hydrogens is 198 g/mol. The topological polar surface area (TPSA) is 29.9 Å². The summed E-state index contributed by atoms with van der Waals surface area (Å²) in [5, 5.41) is 7.70. The van der Waals surface area contributed by atoms with E-state index in [4.69, 9.17) is 0 Å². The Hall–Kier alpha value is -0.830. The zero-order chi connectivity index (χ0) is 12.2. The van der Waals surface area contributed by atoms with Crippen molar-refractivity contribution in [2.45, 2.75) is 53.1 Å². The molecule has 0 radical (unpaired) electrons. The fourth-order valence-corrected chi connectivity index (χ4v) is 2.03. The van der Waals surface area contributed by atoms with Crippen molar-refractivity contribution in [2.75, 3.05) is 7.05 Å². The lowest BCUT2D eigenvalue weighted by Gasteiger charge is -2.30. The van der Waals surface area contributed by atoms with Gasteiger partial charge < -0.3 is 5.32 Å². The van der Waals surface area contributed by atoms with Crippen molar-refractivity contribution < 1.29 is 0 Å². The first-order chi connectivity index (χ1) is 7.47. The van der Waals surface area contributed by atoms with E-state index >= 15 is 0 Å². The zero-order valence-corrected chi connectivity index (χ0v) is 11.2. The number of nitrogens with one attached hydrogen (secondary N) is 1. The largest absolute Gasteiger partial charge is 0.316 e. The van der Waals surface area contributed by atoms with Crippen LogP contribution in [0.2, 0.25) is 0 Å². The average molecular weight is 223 g/mol. The lowest BCUT2D eigenvalue weighted by atomic mass is 9.83. The average Bonchev–Trinajstić information content (AvgIpc) is 2.64. The molecule has 0 amide bonds. The second-order valence-corrected chi connectivity index (χ2v) is 5.45. The molecule has 0 saturated carbocycles. The zero-order valence-electron chi connectivity index (χ0n) is 11.2. The lowest BCUT2D eigenvalue weighted by Crippen LogP contribution is -2.38. The van der Waals surface area contributed by atoms with Gasteiger partial charge in [-0.05, 0) is 37.8 Å². The standard InChI is InChI=1S/C13H25N3/c1-6-16-10-11(9-15-16)7-8-12(14-5)13(2,3)4/h9-10,12,14H,6-8H2,1-5H3. The molecular formula is C13H25N3. The van der Waals surface area contributed by atoms with Crippen molar-refractivity contribution in [3.05, 3.63) is 18.0 Å². The Morgan fingerprint density at radius 3 is 2.56 bits per heavy atom. The third-order valence-corrected chi connectivity index (χ3v) is 3.13. The van der Waals surface area contributed by atoms with E-state index in [9.17, 15) is 0 Å². The molecule has 92 valence electrons. The van der Waals surface area contributed by atoms with E-state index in [0.29, 0.717) is 11.5 Å². The maximum atomic E-state index is 4.30. The normalized spacial score (nSPS) is 14.1. The van der Waals surface area contributed by atoms with E-state index in [1.54, 1.807) is 0 Å². The van der Waals surface area contributed by atoms with Crippen molar-refractivity contribution in [3.8, 4) is 0 Å². The maximum absolute atomic E-state index is 4.30. The summed E-state index contributed by atoms with van der Waals surface area (Å²) >= 11 is 0. The fraction of sp³-hybridized carbons (Fsp3) is 0.769. The summed E-state index contributed by atoms with van der Waals surface area (Å²) in [4.78, 5) is 0. The Kier molecular flexibility index (Phi) is 4.54. The van der Waals surface area contributed by atoms with Gasteiger partial charge in [-0.1, -0.05) is 20.8 Å². The summed E-state index contributed by atoms with van der Waals surface area (Å²) in [5.74, 6) is 0. The predicted octanol–water partition coefficient (Wildman–Crippen LogP) is 2.47. The molecule has 0 aromatic carbocycles. The smallest absolute Gasteiger partial charge is 0.0521 e. The molecule has 1 rings (SSSR count). The second kappa shape index (κ2) is 5.48. The number of aromatic nitrogens is 2. The first-order valence-electron chi connectivity index (χ1n) is 6.16. The highest BCUT2D eigenvalue weighted by molar-refractivity contribution is 5.04. The van der Waals surface area contributed by atoms with Crippen molar-refractivity contribution in [1.82, 2.24) is 15.1 Å². The first-order valence-corrected chi connectivity index (χ1v) is 6.16. The van der Waals surface area contributed by atoms with Crippen molar-refractivity contribution in [3.63, 3.8) is 0 Å². The van der Waals surface area contributed by atoms with Gasteiger partial charge in [0.2, 0.25) is 0 Å². The summed E-state index contributed by atoms with van der Waals surface area (Å²) in [6, 6.07) is 0.553. The molecule has 0 fully saturated rings. The van der Waals surface area contributed by atoms with Gasteiger partial charge in [-0.15, -0.1) is 0 Å². The summed E-state index contributed by atoms with van der Waals surface area (Å²) < 4.78 is 1.99. The molecule has 3 nitrogen and oxygen atoms in total. The van der Waals surface area contributed by atoms with Crippen LogP contribution in [0.4, 0.5) is 0 Å². The van der Waals surface area contributed by atoms with E-state index in [0.717, 1.165) is 19.4 Å². The third-order valence-electron chi connectivity index (χ3n) is 3.13. The fourth-order valence-electron chi connectivity index (χ4n) is 2.03. The number of aryl methyl sites for hydroxylation is 2. The Morgan fingerprint density at radius 1 is 1.44 bits per heavy atom. The van der Waals surface area contributed by atoms with Gasteiger partial charge in [0.15, 0.2) is 0 Å². The molecule has 0 aliphatic carbocycles. The number of nitrogens with zero attached hydrogens (tertiary/aromatic N) is 2. The number of hydrogen-bond donors (Lipinski definition) is 1. The van der Waals surface area contributed by atoms with E-state index in [-0.39, 0.29) is 0 Å². The minimum atomic E-state index is 0.315. The van der Waals surface area contributed by atoms with Crippen molar-refractivity contribution in [1.29, 1.82) is 0 Å². The molecule has 0 saturated heterocycles. The molecule has 1 N–H and O–H groups in total. The lowest BCUT2D eigenvalue weighted by molar-refractivity contribution is 0.268. The Morgan fingerprint density at radius 2 is 2.12 bits per heavy atom. The number of rotatable bonds is 5. The van der Waals surface area contributed by atoms with Gasteiger partial charge in [-0.25, -0.2) is 0 Å². The van der Waals surface area contributed by atoms with E-state index < -0.39 is 0 Å². The summed E-state index contributed by atoms with van der Waals surface area (Å²) in [5.41, 5.74) is 1.65. The maximum Gasteiger partial charge on any atom is 0.0521 e. The van der Waals surface area contributed by atoms with Crippen LogP contribution < -0.4 is 5.32 Å². The van der Waals surface area contributed by atoms with E-state index in [2.05, 4.69) is 44.3 Å². The van der Waals surface area contributed by atoms with Gasteiger partial charge in [-0.3, -0.25) is 4.68 Å². The highest BCUT2D eigenvalue weighted by atomic mass is 15.3. The van der Waals surface area contributed by atoms with Crippen LogP contribution in [0.1, 0.15) is 39.7 Å². The van der Waals surface area contributed by atoms with Crippen molar-refractivity contribution >= 4 is 0 Å². The minimum Gasteiger partial charge on any atom is -0.316 e. The van der Waals surface area contributed by atoms with Gasteiger partial charge in [0.1, 0.15) is 0 Å². The highest BCUT2D eigenvalue weighted by Crippen LogP contribution is 2.22. The van der Waals surface area contributed by atoms with Crippen LogP contribution >= 0.6 is 0 Å². The predicted molar refractivity (Wildman–Crippen MR) is 68.5 cm³/mol. The molecule has 0 bridgehead atoms. The van der Waals surface area contributed by atoms with Crippen LogP contribution in [-0.4, -0.2) is 22.9 Å². The van der Waals surface area contributed by atoms with E-state index in [1.807, 2.05) is 17.9 Å². The third kappa shape index (κ3) is 3.63. The Balaban J connectivity index is 2.49. The van der Waals surface area contributed by atoms with Gasteiger partial charge in [0, 0.05) is 18.8 Å². The summed E-state index contributed by atoms with van der Waals surface area (Å²) in [7, 11) is 2.05. The molecule has 16 heavy (non-hydrogen) atoms. The van der Waals surface area contributed by atoms with Crippen LogP contribution in [0.5, 0.6) is 0 Å². The molecule has 1 unspecified atom stereocenters. The van der Waals surface area contributed by atoms with Gasteiger partial charge in [0.25, 0.3) is 0 Å². The summed E-state index contributed by atoms with van der Waals surface area (Å²) in [6.45, 7) is 9.91. The molecule has 0 spiro atoms. The Bertz CT molecular complexity index is 309. The summed E-state index contributed by atoms with van der Waals surface area (Å²) in [6.07, 6.45) is 6.40. The van der Waals surface area contributed by atoms with Crippen LogP contribution in [0, 0.1) is 5.41 Å². The molecule has 1 atom stereocenters. The Labute approximate surface area is 99.2 Å². The van der Waals surface area contributed by atoms with Crippen LogP contribution in [0.15, 0.2) is 12.4 Å². The monoisotopic (exact) mass is 223 g/mol. The van der Waals surface area contributed by atoms with Crippen molar-refractivity contribution in [2.24, 2.45) is 5.41 Å². The first kappa shape index (κ1) is 13.2. The molecule has 1 heterocycles. The molecule has 0 aliphatic rings. The van der Waals surface area contributed by atoms with Gasteiger partial charge >= 0.3 is 0 Å². The molecule has 3 heteroatoms. The minimum absolute atomic E-state index is 0.315. The second-order valence-electron chi connectivity index (χ2n) is 5.45. The molecule has 1 aromatic heterocycles. The van der Waals surface area contributed by atoms with Crippen LogP contribution in [-0.2, 0) is 13.0 Å². The molecule has 1 aromatic rings. The quantitative estimate of drug-likeness (QED) is 0.831.